The number of ketones is 1. The number of hydrogen-bond donors (Lipinski definition) is 0. The molecule has 0 saturated heterocycles. The first-order valence-electron chi connectivity index (χ1n) is 8.26. The van der Waals surface area contributed by atoms with E-state index in [1.165, 1.54) is 12.1 Å². The van der Waals surface area contributed by atoms with E-state index in [1.54, 1.807) is 26.0 Å². The molecule has 1 aliphatic heterocycles. The lowest BCUT2D eigenvalue weighted by Crippen LogP contribution is -2.39. The zero-order valence-electron chi connectivity index (χ0n) is 13.8. The number of hydrogen-bond acceptors (Lipinski definition) is 4. The lowest BCUT2D eigenvalue weighted by atomic mass is 9.69. The van der Waals surface area contributed by atoms with Gasteiger partial charge in [-0.15, -0.1) is 0 Å². The number of ether oxygens (including phenoxy) is 1. The van der Waals surface area contributed by atoms with E-state index in [4.69, 9.17) is 4.74 Å². The molecule has 2 aliphatic rings. The van der Waals surface area contributed by atoms with Crippen LogP contribution in [-0.4, -0.2) is 24.1 Å². The van der Waals surface area contributed by atoms with Gasteiger partial charge in [0.15, 0.2) is 0 Å². The van der Waals surface area contributed by atoms with Crippen molar-refractivity contribution in [1.82, 2.24) is 0 Å². The van der Waals surface area contributed by atoms with Gasteiger partial charge in [-0.05, 0) is 44.4 Å². The maximum absolute atomic E-state index is 13.8. The van der Waals surface area contributed by atoms with Crippen LogP contribution >= 0.6 is 0 Å². The van der Waals surface area contributed by atoms with Gasteiger partial charge in [-0.1, -0.05) is 12.1 Å². The minimum absolute atomic E-state index is 0.0589. The summed E-state index contributed by atoms with van der Waals surface area (Å²) >= 11 is 0. The Kier molecular flexibility index (Phi) is 4.60. The van der Waals surface area contributed by atoms with Crippen molar-refractivity contribution in [2.24, 2.45) is 10.9 Å². The molecule has 0 N–H and O–H groups in total. The van der Waals surface area contributed by atoms with Crippen molar-refractivity contribution in [1.29, 1.82) is 0 Å². The van der Waals surface area contributed by atoms with Crippen molar-refractivity contribution in [3.8, 4) is 0 Å². The minimum atomic E-state index is -0.528. The Morgan fingerprint density at radius 3 is 2.83 bits per heavy atom. The number of halogens is 1. The first kappa shape index (κ1) is 16.6. The molecule has 1 aromatic carbocycles. The third-order valence-corrected chi connectivity index (χ3v) is 4.61. The number of carbonyl (C=O) groups is 2. The van der Waals surface area contributed by atoms with Gasteiger partial charge < -0.3 is 4.74 Å². The molecule has 0 bridgehead atoms. The van der Waals surface area contributed by atoms with Crippen LogP contribution in [0.2, 0.25) is 0 Å². The van der Waals surface area contributed by atoms with Gasteiger partial charge in [-0.25, -0.2) is 9.18 Å². The monoisotopic (exact) mass is 329 g/mol. The molecular weight excluding hydrogens is 309 g/mol. The Bertz CT molecular complexity index is 751. The highest BCUT2D eigenvalue weighted by Gasteiger charge is 2.43. The lowest BCUT2D eigenvalue weighted by molar-refractivity contribution is -0.139. The SMILES string of the molecule is CCOC(=O)C1=C(C)N=C2CCCC(=O)C2C1c1cccc(F)c1. The highest BCUT2D eigenvalue weighted by molar-refractivity contribution is 6.11. The third kappa shape index (κ3) is 2.90. The molecule has 1 heterocycles. The van der Waals surface area contributed by atoms with Gasteiger partial charge >= 0.3 is 5.97 Å². The molecule has 2 atom stereocenters. The Morgan fingerprint density at radius 2 is 2.12 bits per heavy atom. The number of fused-ring (bicyclic) bond motifs is 1. The summed E-state index contributed by atoms with van der Waals surface area (Å²) in [5.41, 5.74) is 2.34. The van der Waals surface area contributed by atoms with Crippen LogP contribution in [0.1, 0.15) is 44.6 Å². The molecule has 126 valence electrons. The van der Waals surface area contributed by atoms with E-state index >= 15 is 0 Å². The van der Waals surface area contributed by atoms with Crippen LogP contribution in [0.4, 0.5) is 4.39 Å². The van der Waals surface area contributed by atoms with Crippen LogP contribution in [-0.2, 0) is 14.3 Å². The fourth-order valence-corrected chi connectivity index (χ4v) is 3.65. The second-order valence-electron chi connectivity index (χ2n) is 6.15. The lowest BCUT2D eigenvalue weighted by Gasteiger charge is -2.35. The van der Waals surface area contributed by atoms with E-state index < -0.39 is 17.8 Å². The summed E-state index contributed by atoms with van der Waals surface area (Å²) < 4.78 is 18.9. The predicted octanol–water partition coefficient (Wildman–Crippen LogP) is 3.57. The zero-order valence-corrected chi connectivity index (χ0v) is 13.8. The van der Waals surface area contributed by atoms with E-state index in [0.717, 1.165) is 18.6 Å². The highest BCUT2D eigenvalue weighted by atomic mass is 19.1. The maximum atomic E-state index is 13.8. The minimum Gasteiger partial charge on any atom is -0.463 e. The van der Waals surface area contributed by atoms with Crippen LogP contribution in [0.5, 0.6) is 0 Å². The number of nitrogens with zero attached hydrogens (tertiary/aromatic N) is 1. The van der Waals surface area contributed by atoms with E-state index in [9.17, 15) is 14.0 Å². The molecule has 4 nitrogen and oxygen atoms in total. The molecule has 5 heteroatoms. The summed E-state index contributed by atoms with van der Waals surface area (Å²) in [4.78, 5) is 29.6. The summed E-state index contributed by atoms with van der Waals surface area (Å²) in [6.07, 6.45) is 1.96. The van der Waals surface area contributed by atoms with Gasteiger partial charge in [0, 0.05) is 23.7 Å². The van der Waals surface area contributed by atoms with Gasteiger partial charge in [-0.2, -0.15) is 0 Å². The van der Waals surface area contributed by atoms with Crippen LogP contribution in [0.25, 0.3) is 0 Å². The number of aliphatic imine (C=N–C) groups is 1. The van der Waals surface area contributed by atoms with Gasteiger partial charge in [0.25, 0.3) is 0 Å². The van der Waals surface area contributed by atoms with Gasteiger partial charge in [-0.3, -0.25) is 9.79 Å². The van der Waals surface area contributed by atoms with Crippen molar-refractivity contribution >= 4 is 17.5 Å². The smallest absolute Gasteiger partial charge is 0.336 e. The summed E-state index contributed by atoms with van der Waals surface area (Å²) in [5.74, 6) is -1.83. The molecule has 1 aromatic rings. The van der Waals surface area contributed by atoms with E-state index in [0.29, 0.717) is 23.3 Å². The average Bonchev–Trinajstić information content (AvgIpc) is 2.54. The van der Waals surface area contributed by atoms with E-state index in [2.05, 4.69) is 4.99 Å². The molecule has 0 radical (unpaired) electrons. The van der Waals surface area contributed by atoms with Crippen LogP contribution in [0.3, 0.4) is 0 Å². The number of carbonyl (C=O) groups excluding carboxylic acids is 2. The van der Waals surface area contributed by atoms with Crippen molar-refractivity contribution < 1.29 is 18.7 Å². The average molecular weight is 329 g/mol. The second-order valence-corrected chi connectivity index (χ2v) is 6.15. The molecule has 24 heavy (non-hydrogen) atoms. The Labute approximate surface area is 140 Å². The summed E-state index contributed by atoms with van der Waals surface area (Å²) in [7, 11) is 0. The van der Waals surface area contributed by atoms with Crippen molar-refractivity contribution in [3.63, 3.8) is 0 Å². The molecule has 1 aliphatic carbocycles. The maximum Gasteiger partial charge on any atom is 0.336 e. The first-order chi connectivity index (χ1) is 11.5. The van der Waals surface area contributed by atoms with Gasteiger partial charge in [0.1, 0.15) is 11.6 Å². The molecule has 1 saturated carbocycles. The molecule has 2 unspecified atom stereocenters. The third-order valence-electron chi connectivity index (χ3n) is 4.61. The Hall–Kier alpha value is -2.30. The molecule has 1 fully saturated rings. The molecule has 0 aromatic heterocycles. The van der Waals surface area contributed by atoms with Crippen molar-refractivity contribution in [2.45, 2.75) is 39.0 Å². The highest BCUT2D eigenvalue weighted by Crippen LogP contribution is 2.43. The number of esters is 1. The number of allylic oxidation sites excluding steroid dienone is 1. The first-order valence-corrected chi connectivity index (χ1v) is 8.26. The van der Waals surface area contributed by atoms with Crippen molar-refractivity contribution in [2.75, 3.05) is 6.61 Å². The van der Waals surface area contributed by atoms with Crippen LogP contribution < -0.4 is 0 Å². The van der Waals surface area contributed by atoms with Crippen LogP contribution in [0.15, 0.2) is 40.5 Å². The largest absolute Gasteiger partial charge is 0.463 e. The second kappa shape index (κ2) is 6.67. The predicted molar refractivity (Wildman–Crippen MR) is 88.3 cm³/mol. The summed E-state index contributed by atoms with van der Waals surface area (Å²) in [6, 6.07) is 6.10. The Balaban J connectivity index is 2.16. The standard InChI is InChI=1S/C19H20FNO3/c1-3-24-19(23)16-11(2)21-14-8-5-9-15(22)18(14)17(16)12-6-4-7-13(20)10-12/h4,6-7,10,17-18H,3,5,8-9H2,1-2H3. The summed E-state index contributed by atoms with van der Waals surface area (Å²) in [6.45, 7) is 3.72. The van der Waals surface area contributed by atoms with E-state index in [-0.39, 0.29) is 18.2 Å². The summed E-state index contributed by atoms with van der Waals surface area (Å²) in [5, 5.41) is 0. The van der Waals surface area contributed by atoms with Crippen LogP contribution in [0, 0.1) is 11.7 Å². The molecule has 0 amide bonds. The number of benzene rings is 1. The van der Waals surface area contributed by atoms with E-state index in [1.807, 2.05) is 0 Å². The number of rotatable bonds is 3. The zero-order chi connectivity index (χ0) is 17.3. The Morgan fingerprint density at radius 1 is 1.33 bits per heavy atom. The fourth-order valence-electron chi connectivity index (χ4n) is 3.65. The molecular formula is C19H20FNO3. The quantitative estimate of drug-likeness (QED) is 0.797. The topological polar surface area (TPSA) is 55.7 Å². The normalized spacial score (nSPS) is 23.6. The number of Topliss-reactive ketones (excluding diaryl/α,β-unsaturated/α-hetero) is 1. The van der Waals surface area contributed by atoms with Crippen molar-refractivity contribution in [3.05, 3.63) is 46.9 Å². The molecule has 3 rings (SSSR count). The van der Waals surface area contributed by atoms with Gasteiger partial charge in [0.05, 0.1) is 18.1 Å². The fraction of sp³-hybridized carbons (Fsp3) is 0.421. The molecule has 0 spiro atoms. The van der Waals surface area contributed by atoms with Gasteiger partial charge in [0.2, 0.25) is 0 Å².